The molecule has 1 aromatic rings. The molecule has 3 heterocycles. The second kappa shape index (κ2) is 9.51. The van der Waals surface area contributed by atoms with Crippen LogP contribution in [0.25, 0.3) is 0 Å². The number of hydrogen-bond donors (Lipinski definition) is 1. The Balaban J connectivity index is 1.67. The molecule has 3 saturated heterocycles. The highest BCUT2D eigenvalue weighted by Gasteiger charge is 2.44. The van der Waals surface area contributed by atoms with Crippen molar-refractivity contribution in [3.05, 3.63) is 29.8 Å². The third-order valence-electron chi connectivity index (χ3n) is 5.89. The minimum Gasteiger partial charge on any atom is -0.494 e. The Morgan fingerprint density at radius 1 is 1.24 bits per heavy atom. The summed E-state index contributed by atoms with van der Waals surface area (Å²) in [5.74, 6) is 7.61. The lowest BCUT2D eigenvalue weighted by atomic mass is 9.81. The molecule has 1 atom stereocenters. The molecule has 6 heteroatoms. The quantitative estimate of drug-likeness (QED) is 0.562. The Hall–Kier alpha value is -2.23. The maximum atomic E-state index is 12.1. The first-order valence-electron chi connectivity index (χ1n) is 10.4. The van der Waals surface area contributed by atoms with Crippen LogP contribution in [0.1, 0.15) is 38.7 Å². The molecule has 0 aliphatic carbocycles. The van der Waals surface area contributed by atoms with E-state index in [1.807, 2.05) is 38.1 Å². The van der Waals surface area contributed by atoms with Crippen molar-refractivity contribution in [3.63, 3.8) is 0 Å². The smallest absolute Gasteiger partial charge is 0.408 e. The van der Waals surface area contributed by atoms with Crippen LogP contribution in [0.2, 0.25) is 0 Å². The van der Waals surface area contributed by atoms with Crippen molar-refractivity contribution in [2.45, 2.75) is 44.7 Å². The molecule has 0 saturated carbocycles. The monoisotopic (exact) mass is 400 g/mol. The van der Waals surface area contributed by atoms with E-state index in [2.05, 4.69) is 16.7 Å². The molecule has 0 spiro atoms. The average Bonchev–Trinajstić information content (AvgIpc) is 2.71. The van der Waals surface area contributed by atoms with Crippen LogP contribution in [-0.2, 0) is 4.74 Å². The van der Waals surface area contributed by atoms with Crippen molar-refractivity contribution in [3.8, 4) is 17.6 Å². The first kappa shape index (κ1) is 21.5. The van der Waals surface area contributed by atoms with Crippen LogP contribution in [0.4, 0.5) is 4.79 Å². The molecule has 1 unspecified atom stereocenters. The second-order valence-corrected chi connectivity index (χ2v) is 8.39. The zero-order chi connectivity index (χ0) is 20.9. The van der Waals surface area contributed by atoms with Crippen molar-refractivity contribution in [2.75, 3.05) is 40.0 Å². The van der Waals surface area contributed by atoms with Gasteiger partial charge < -0.3 is 19.5 Å². The van der Waals surface area contributed by atoms with Crippen molar-refractivity contribution in [2.24, 2.45) is 5.92 Å². The molecule has 4 rings (SSSR count). The molecule has 29 heavy (non-hydrogen) atoms. The van der Waals surface area contributed by atoms with E-state index in [4.69, 9.17) is 9.47 Å². The first-order valence-corrected chi connectivity index (χ1v) is 10.4. The summed E-state index contributed by atoms with van der Waals surface area (Å²) in [7, 11) is 1.68. The summed E-state index contributed by atoms with van der Waals surface area (Å²) in [6, 6.07) is 7.63. The van der Waals surface area contributed by atoms with Gasteiger partial charge in [0.1, 0.15) is 11.3 Å². The lowest BCUT2D eigenvalue weighted by Gasteiger charge is -2.51. The van der Waals surface area contributed by atoms with Crippen LogP contribution in [0.5, 0.6) is 5.75 Å². The number of carboxylic acid groups (broad SMARTS) is 1. The predicted octanol–water partition coefficient (Wildman–Crippen LogP) is 3.31. The Kier molecular flexibility index (Phi) is 7.05. The van der Waals surface area contributed by atoms with Gasteiger partial charge in [-0.3, -0.25) is 4.90 Å². The Labute approximate surface area is 173 Å². The van der Waals surface area contributed by atoms with Crippen molar-refractivity contribution >= 4 is 6.09 Å². The molecule has 3 fully saturated rings. The lowest BCUT2D eigenvalue weighted by molar-refractivity contribution is -0.0137. The number of nitrogens with zero attached hydrogens (tertiary/aromatic N) is 2. The minimum atomic E-state index is -0.886. The maximum Gasteiger partial charge on any atom is 0.408 e. The molecule has 3 aliphatic rings. The molecule has 1 aromatic carbocycles. The van der Waals surface area contributed by atoms with E-state index in [0.717, 1.165) is 50.2 Å². The van der Waals surface area contributed by atoms with E-state index < -0.39 is 11.6 Å². The molecule has 158 valence electrons. The number of ether oxygens (including phenoxy) is 2. The van der Waals surface area contributed by atoms with Crippen LogP contribution < -0.4 is 4.74 Å². The van der Waals surface area contributed by atoms with Crippen molar-refractivity contribution in [1.29, 1.82) is 0 Å². The van der Waals surface area contributed by atoms with Gasteiger partial charge in [-0.05, 0) is 70.0 Å². The van der Waals surface area contributed by atoms with Gasteiger partial charge in [-0.1, -0.05) is 11.8 Å². The fourth-order valence-corrected chi connectivity index (χ4v) is 4.34. The molecule has 1 amide bonds. The Morgan fingerprint density at radius 3 is 2.48 bits per heavy atom. The van der Waals surface area contributed by atoms with Gasteiger partial charge in [0.15, 0.2) is 0 Å². The van der Waals surface area contributed by atoms with E-state index in [9.17, 15) is 9.90 Å². The summed E-state index contributed by atoms with van der Waals surface area (Å²) in [5.41, 5.74) is 0.0892. The van der Waals surface area contributed by atoms with Crippen LogP contribution in [0, 0.1) is 17.8 Å². The molecular weight excluding hydrogens is 368 g/mol. The molecule has 0 aromatic heterocycles. The Morgan fingerprint density at radius 2 is 1.93 bits per heavy atom. The normalized spacial score (nSPS) is 23.2. The van der Waals surface area contributed by atoms with Gasteiger partial charge in [0.05, 0.1) is 12.6 Å². The minimum absolute atomic E-state index is 0.0159. The SMILES string of the molecule is COCCCOc1ccc(C#CC(C)(C)N(C(=O)O)C2CN3CCC2CC3)cc1. The van der Waals surface area contributed by atoms with E-state index in [1.165, 1.54) is 0 Å². The van der Waals surface area contributed by atoms with Gasteiger partial charge in [-0.2, -0.15) is 0 Å². The van der Waals surface area contributed by atoms with Gasteiger partial charge in [-0.25, -0.2) is 4.79 Å². The van der Waals surface area contributed by atoms with Gasteiger partial charge in [0, 0.05) is 32.2 Å². The average molecular weight is 401 g/mol. The van der Waals surface area contributed by atoms with Crippen LogP contribution >= 0.6 is 0 Å². The summed E-state index contributed by atoms with van der Waals surface area (Å²) in [4.78, 5) is 16.1. The molecule has 0 radical (unpaired) electrons. The lowest BCUT2D eigenvalue weighted by Crippen LogP contribution is -2.63. The number of rotatable bonds is 7. The molecular formula is C23H32N2O4. The van der Waals surface area contributed by atoms with E-state index >= 15 is 0 Å². The summed E-state index contributed by atoms with van der Waals surface area (Å²) < 4.78 is 10.7. The van der Waals surface area contributed by atoms with Crippen LogP contribution in [0.15, 0.2) is 24.3 Å². The number of piperidine rings is 3. The molecule has 2 bridgehead atoms. The highest BCUT2D eigenvalue weighted by Crippen LogP contribution is 2.34. The number of carbonyl (C=O) groups is 1. The number of amides is 1. The number of methoxy groups -OCH3 is 1. The molecule has 3 aliphatic heterocycles. The van der Waals surface area contributed by atoms with Gasteiger partial charge in [0.25, 0.3) is 0 Å². The van der Waals surface area contributed by atoms with Gasteiger partial charge >= 0.3 is 6.09 Å². The fourth-order valence-electron chi connectivity index (χ4n) is 4.34. The largest absolute Gasteiger partial charge is 0.494 e. The highest BCUT2D eigenvalue weighted by atomic mass is 16.5. The number of hydrogen-bond acceptors (Lipinski definition) is 4. The third-order valence-corrected chi connectivity index (χ3v) is 5.89. The number of fused-ring (bicyclic) bond motifs is 3. The van der Waals surface area contributed by atoms with E-state index in [1.54, 1.807) is 12.0 Å². The second-order valence-electron chi connectivity index (χ2n) is 8.39. The number of benzene rings is 1. The zero-order valence-corrected chi connectivity index (χ0v) is 17.7. The van der Waals surface area contributed by atoms with Crippen LogP contribution in [0.3, 0.4) is 0 Å². The van der Waals surface area contributed by atoms with E-state index in [-0.39, 0.29) is 6.04 Å². The zero-order valence-electron chi connectivity index (χ0n) is 17.7. The standard InChI is InChI=1S/C23H32N2O4/c1-23(2,25(22(26)27)21-17-24-13-10-19(21)11-14-24)12-9-18-5-7-20(8-6-18)29-16-4-15-28-3/h5-8,19,21H,4,10-11,13-17H2,1-3H3,(H,26,27). The predicted molar refractivity (Wildman–Crippen MR) is 112 cm³/mol. The third kappa shape index (κ3) is 5.43. The maximum absolute atomic E-state index is 12.1. The fraction of sp³-hybridized carbons (Fsp3) is 0.609. The van der Waals surface area contributed by atoms with Crippen molar-refractivity contribution in [1.82, 2.24) is 9.80 Å². The summed E-state index contributed by atoms with van der Waals surface area (Å²) in [6.07, 6.45) is 2.10. The molecule has 1 N–H and O–H groups in total. The van der Waals surface area contributed by atoms with E-state index in [0.29, 0.717) is 19.1 Å². The topological polar surface area (TPSA) is 62.2 Å². The van der Waals surface area contributed by atoms with Gasteiger partial charge in [-0.15, -0.1) is 0 Å². The van der Waals surface area contributed by atoms with Crippen molar-refractivity contribution < 1.29 is 19.4 Å². The summed E-state index contributed by atoms with van der Waals surface area (Å²) >= 11 is 0. The summed E-state index contributed by atoms with van der Waals surface area (Å²) in [5, 5.41) is 9.96. The summed E-state index contributed by atoms with van der Waals surface area (Å²) in [6.45, 7) is 8.08. The highest BCUT2D eigenvalue weighted by molar-refractivity contribution is 5.68. The molecule has 6 nitrogen and oxygen atoms in total. The Bertz CT molecular complexity index is 742. The first-order chi connectivity index (χ1) is 13.9. The van der Waals surface area contributed by atoms with Gasteiger partial charge in [0.2, 0.25) is 0 Å². The van der Waals surface area contributed by atoms with Crippen LogP contribution in [-0.4, -0.2) is 72.5 Å².